The molecular weight excluding hydrogens is 366 g/mol. The minimum Gasteiger partial charge on any atom is -0.347 e. The standard InChI is InChI=1S/C23H21N3O3/c1-15-6-3-4-7-19(15)14-25-23(29)21-13-18(10-11-24-21)22(28)26-20-9-5-8-17(12-20)16(2)27/h3-13H,14H2,1-2H3,(H,25,29)(H,26,28). The fraction of sp³-hybridized carbons (Fsp3) is 0.130. The number of anilines is 1. The highest BCUT2D eigenvalue weighted by Crippen LogP contribution is 2.13. The van der Waals surface area contributed by atoms with Gasteiger partial charge in [-0.1, -0.05) is 36.4 Å². The van der Waals surface area contributed by atoms with E-state index < -0.39 is 0 Å². The second-order valence-electron chi connectivity index (χ2n) is 6.63. The number of rotatable bonds is 6. The van der Waals surface area contributed by atoms with Gasteiger partial charge in [-0.25, -0.2) is 0 Å². The molecule has 0 aliphatic heterocycles. The zero-order valence-corrected chi connectivity index (χ0v) is 16.2. The van der Waals surface area contributed by atoms with Crippen molar-refractivity contribution in [2.24, 2.45) is 0 Å². The SMILES string of the molecule is CC(=O)c1cccc(NC(=O)c2ccnc(C(=O)NCc3ccccc3C)c2)c1. The number of nitrogens with one attached hydrogen (secondary N) is 2. The number of aromatic nitrogens is 1. The molecule has 0 unspecified atom stereocenters. The van der Waals surface area contributed by atoms with Gasteiger partial charge in [0.1, 0.15) is 5.69 Å². The first-order valence-electron chi connectivity index (χ1n) is 9.15. The van der Waals surface area contributed by atoms with Gasteiger partial charge in [0.05, 0.1) is 0 Å². The summed E-state index contributed by atoms with van der Waals surface area (Å²) in [5.41, 5.74) is 3.57. The van der Waals surface area contributed by atoms with E-state index in [0.717, 1.165) is 11.1 Å². The topological polar surface area (TPSA) is 88.2 Å². The molecule has 0 radical (unpaired) electrons. The van der Waals surface area contributed by atoms with E-state index >= 15 is 0 Å². The summed E-state index contributed by atoms with van der Waals surface area (Å²) in [4.78, 5) is 40.5. The first-order chi connectivity index (χ1) is 13.9. The Labute approximate surface area is 169 Å². The summed E-state index contributed by atoms with van der Waals surface area (Å²) in [5.74, 6) is -0.833. The highest BCUT2D eigenvalue weighted by atomic mass is 16.2. The molecule has 1 aromatic heterocycles. The lowest BCUT2D eigenvalue weighted by molar-refractivity contribution is 0.0945. The smallest absolute Gasteiger partial charge is 0.270 e. The summed E-state index contributed by atoms with van der Waals surface area (Å²) in [6.07, 6.45) is 1.42. The van der Waals surface area contributed by atoms with Crippen molar-refractivity contribution in [1.29, 1.82) is 0 Å². The molecular formula is C23H21N3O3. The molecule has 3 rings (SSSR count). The third-order valence-electron chi connectivity index (χ3n) is 4.48. The molecule has 2 amide bonds. The number of hydrogen-bond donors (Lipinski definition) is 2. The molecule has 0 bridgehead atoms. The molecule has 2 aromatic carbocycles. The molecule has 6 nitrogen and oxygen atoms in total. The number of ketones is 1. The number of carbonyl (C=O) groups is 3. The summed E-state index contributed by atoms with van der Waals surface area (Å²) >= 11 is 0. The summed E-state index contributed by atoms with van der Waals surface area (Å²) in [6.45, 7) is 3.82. The van der Waals surface area contributed by atoms with Crippen molar-refractivity contribution >= 4 is 23.3 Å². The molecule has 0 saturated heterocycles. The van der Waals surface area contributed by atoms with E-state index in [4.69, 9.17) is 0 Å². The number of amides is 2. The van der Waals surface area contributed by atoms with E-state index in [2.05, 4.69) is 15.6 Å². The van der Waals surface area contributed by atoms with E-state index in [9.17, 15) is 14.4 Å². The van der Waals surface area contributed by atoms with E-state index in [0.29, 0.717) is 23.4 Å². The zero-order chi connectivity index (χ0) is 20.8. The number of nitrogens with zero attached hydrogens (tertiary/aromatic N) is 1. The van der Waals surface area contributed by atoms with Crippen LogP contribution in [0.4, 0.5) is 5.69 Å². The zero-order valence-electron chi connectivity index (χ0n) is 16.2. The van der Waals surface area contributed by atoms with Crippen LogP contribution in [-0.2, 0) is 6.54 Å². The Balaban J connectivity index is 1.69. The Morgan fingerprint density at radius 3 is 2.45 bits per heavy atom. The molecule has 6 heteroatoms. The van der Waals surface area contributed by atoms with E-state index in [1.54, 1.807) is 24.3 Å². The van der Waals surface area contributed by atoms with Gasteiger partial charge in [-0.15, -0.1) is 0 Å². The molecule has 0 saturated carbocycles. The maximum Gasteiger partial charge on any atom is 0.270 e. The Hall–Kier alpha value is -3.80. The number of aryl methyl sites for hydroxylation is 1. The molecule has 146 valence electrons. The maximum absolute atomic E-state index is 12.5. The van der Waals surface area contributed by atoms with Crippen LogP contribution in [0, 0.1) is 6.92 Å². The Morgan fingerprint density at radius 1 is 0.897 bits per heavy atom. The van der Waals surface area contributed by atoms with Crippen LogP contribution >= 0.6 is 0 Å². The van der Waals surface area contributed by atoms with Crippen molar-refractivity contribution < 1.29 is 14.4 Å². The van der Waals surface area contributed by atoms with E-state index in [1.165, 1.54) is 25.3 Å². The first-order valence-corrected chi connectivity index (χ1v) is 9.15. The van der Waals surface area contributed by atoms with Crippen LogP contribution in [0.5, 0.6) is 0 Å². The predicted molar refractivity (Wildman–Crippen MR) is 111 cm³/mol. The van der Waals surface area contributed by atoms with Gasteiger partial charge in [-0.2, -0.15) is 0 Å². The van der Waals surface area contributed by atoms with Crippen LogP contribution < -0.4 is 10.6 Å². The number of carbonyl (C=O) groups excluding carboxylic acids is 3. The Kier molecular flexibility index (Phi) is 6.14. The molecule has 2 N–H and O–H groups in total. The average molecular weight is 387 g/mol. The van der Waals surface area contributed by atoms with Gasteiger partial charge in [0, 0.05) is 29.6 Å². The van der Waals surface area contributed by atoms with Gasteiger partial charge in [0.25, 0.3) is 11.8 Å². The molecule has 0 spiro atoms. The normalized spacial score (nSPS) is 10.3. The van der Waals surface area contributed by atoms with Crippen molar-refractivity contribution in [3.63, 3.8) is 0 Å². The largest absolute Gasteiger partial charge is 0.347 e. The van der Waals surface area contributed by atoms with Gasteiger partial charge in [-0.05, 0) is 49.2 Å². The summed E-state index contributed by atoms with van der Waals surface area (Å²) in [5, 5.41) is 5.56. The summed E-state index contributed by atoms with van der Waals surface area (Å²) in [7, 11) is 0. The number of hydrogen-bond acceptors (Lipinski definition) is 4. The van der Waals surface area contributed by atoms with Crippen LogP contribution in [0.25, 0.3) is 0 Å². The van der Waals surface area contributed by atoms with Crippen molar-refractivity contribution in [2.45, 2.75) is 20.4 Å². The van der Waals surface area contributed by atoms with Gasteiger partial charge in [0.2, 0.25) is 0 Å². The molecule has 0 atom stereocenters. The van der Waals surface area contributed by atoms with Gasteiger partial charge >= 0.3 is 0 Å². The second kappa shape index (κ2) is 8.93. The van der Waals surface area contributed by atoms with Crippen LogP contribution in [0.3, 0.4) is 0 Å². The minimum atomic E-state index is -0.388. The molecule has 1 heterocycles. The number of Topliss-reactive ketones (excluding diaryl/α,β-unsaturated/α-hetero) is 1. The van der Waals surface area contributed by atoms with Gasteiger partial charge in [0.15, 0.2) is 5.78 Å². The fourth-order valence-electron chi connectivity index (χ4n) is 2.79. The summed E-state index contributed by atoms with van der Waals surface area (Å²) < 4.78 is 0. The Morgan fingerprint density at radius 2 is 1.69 bits per heavy atom. The molecule has 29 heavy (non-hydrogen) atoms. The van der Waals surface area contributed by atoms with Crippen LogP contribution in [0.15, 0.2) is 66.9 Å². The average Bonchev–Trinajstić information content (AvgIpc) is 2.73. The quantitative estimate of drug-likeness (QED) is 0.630. The summed E-state index contributed by atoms with van der Waals surface area (Å²) in [6, 6.07) is 17.4. The number of benzene rings is 2. The van der Waals surface area contributed by atoms with E-state index in [-0.39, 0.29) is 23.3 Å². The molecule has 0 fully saturated rings. The first kappa shape index (κ1) is 19.9. The van der Waals surface area contributed by atoms with Crippen molar-refractivity contribution in [1.82, 2.24) is 10.3 Å². The Bertz CT molecular complexity index is 1080. The molecule has 3 aromatic rings. The van der Waals surface area contributed by atoms with Crippen LogP contribution in [0.1, 0.15) is 49.3 Å². The molecule has 0 aliphatic rings. The third-order valence-corrected chi connectivity index (χ3v) is 4.48. The van der Waals surface area contributed by atoms with Crippen molar-refractivity contribution in [3.8, 4) is 0 Å². The van der Waals surface area contributed by atoms with Crippen molar-refractivity contribution in [2.75, 3.05) is 5.32 Å². The predicted octanol–water partition coefficient (Wildman–Crippen LogP) is 3.77. The second-order valence-corrected chi connectivity index (χ2v) is 6.63. The van der Waals surface area contributed by atoms with Crippen molar-refractivity contribution in [3.05, 3.63) is 94.8 Å². The highest BCUT2D eigenvalue weighted by Gasteiger charge is 2.13. The maximum atomic E-state index is 12.5. The fourth-order valence-corrected chi connectivity index (χ4v) is 2.79. The lowest BCUT2D eigenvalue weighted by Crippen LogP contribution is -2.24. The lowest BCUT2D eigenvalue weighted by Gasteiger charge is -2.09. The monoisotopic (exact) mass is 387 g/mol. The molecule has 0 aliphatic carbocycles. The van der Waals surface area contributed by atoms with Crippen LogP contribution in [-0.4, -0.2) is 22.6 Å². The van der Waals surface area contributed by atoms with Gasteiger partial charge < -0.3 is 10.6 Å². The minimum absolute atomic E-state index is 0.0855. The van der Waals surface area contributed by atoms with Gasteiger partial charge in [-0.3, -0.25) is 19.4 Å². The number of pyridine rings is 1. The highest BCUT2D eigenvalue weighted by molar-refractivity contribution is 6.06. The van der Waals surface area contributed by atoms with Crippen LogP contribution in [0.2, 0.25) is 0 Å². The lowest BCUT2D eigenvalue weighted by atomic mass is 10.1. The van der Waals surface area contributed by atoms with E-state index in [1.807, 2.05) is 31.2 Å². The third kappa shape index (κ3) is 5.13.